The summed E-state index contributed by atoms with van der Waals surface area (Å²) in [6.07, 6.45) is 11.8. The van der Waals surface area contributed by atoms with Crippen LogP contribution in [-0.2, 0) is 16.0 Å². The fourth-order valence-electron chi connectivity index (χ4n) is 5.75. The highest BCUT2D eigenvalue weighted by Crippen LogP contribution is 2.42. The Morgan fingerprint density at radius 2 is 1.97 bits per heavy atom. The van der Waals surface area contributed by atoms with Crippen molar-refractivity contribution in [2.75, 3.05) is 13.2 Å². The lowest BCUT2D eigenvalue weighted by Gasteiger charge is -2.32. The van der Waals surface area contributed by atoms with Crippen LogP contribution in [0.1, 0.15) is 83.8 Å². The van der Waals surface area contributed by atoms with Gasteiger partial charge in [0.2, 0.25) is 0 Å². The van der Waals surface area contributed by atoms with E-state index in [1.54, 1.807) is 6.08 Å². The SMILES string of the molecule is CCCc1ccc2ccc3c(c2c1)C(CCC1CC/C(=C/C(=O)OC(C)(C)C)C[C@H]1CO)=CCCO3. The largest absolute Gasteiger partial charge is 0.493 e. The van der Waals surface area contributed by atoms with E-state index in [4.69, 9.17) is 9.47 Å². The minimum atomic E-state index is -0.490. The van der Waals surface area contributed by atoms with Crippen LogP contribution >= 0.6 is 0 Å². The summed E-state index contributed by atoms with van der Waals surface area (Å²) < 4.78 is 11.6. The summed E-state index contributed by atoms with van der Waals surface area (Å²) in [6, 6.07) is 11.1. The molecule has 1 saturated carbocycles. The van der Waals surface area contributed by atoms with Crippen molar-refractivity contribution in [3.63, 3.8) is 0 Å². The number of aryl methyl sites for hydroxylation is 1. The summed E-state index contributed by atoms with van der Waals surface area (Å²) in [4.78, 5) is 12.3. The number of hydrogen-bond acceptors (Lipinski definition) is 4. The first-order chi connectivity index (χ1) is 17.3. The van der Waals surface area contributed by atoms with Crippen molar-refractivity contribution in [3.05, 3.63) is 59.2 Å². The van der Waals surface area contributed by atoms with E-state index >= 15 is 0 Å². The van der Waals surface area contributed by atoms with Crippen molar-refractivity contribution in [3.8, 4) is 5.75 Å². The molecule has 1 unspecified atom stereocenters. The van der Waals surface area contributed by atoms with Gasteiger partial charge in [-0.2, -0.15) is 0 Å². The molecule has 1 fully saturated rings. The maximum absolute atomic E-state index is 12.3. The van der Waals surface area contributed by atoms with E-state index in [9.17, 15) is 9.90 Å². The summed E-state index contributed by atoms with van der Waals surface area (Å²) in [7, 11) is 0. The Hall–Kier alpha value is -2.59. The van der Waals surface area contributed by atoms with Crippen molar-refractivity contribution in [1.82, 2.24) is 0 Å². The molecule has 0 amide bonds. The number of allylic oxidation sites excluding steroid dienone is 2. The Morgan fingerprint density at radius 1 is 1.17 bits per heavy atom. The van der Waals surface area contributed by atoms with Crippen LogP contribution in [-0.4, -0.2) is 29.9 Å². The molecule has 2 aliphatic rings. The number of aliphatic hydroxyl groups is 1. The summed E-state index contributed by atoms with van der Waals surface area (Å²) in [6.45, 7) is 8.73. The molecule has 1 aliphatic carbocycles. The van der Waals surface area contributed by atoms with Crippen molar-refractivity contribution < 1.29 is 19.4 Å². The lowest BCUT2D eigenvalue weighted by molar-refractivity contribution is -0.148. The maximum Gasteiger partial charge on any atom is 0.331 e. The lowest BCUT2D eigenvalue weighted by atomic mass is 9.74. The number of esters is 1. The van der Waals surface area contributed by atoms with E-state index in [2.05, 4.69) is 43.3 Å². The lowest BCUT2D eigenvalue weighted by Crippen LogP contribution is -2.26. The molecule has 0 bridgehead atoms. The first kappa shape index (κ1) is 26.5. The third-order valence-electron chi connectivity index (χ3n) is 7.45. The zero-order chi connectivity index (χ0) is 25.7. The second-order valence-electron chi connectivity index (χ2n) is 11.4. The smallest absolute Gasteiger partial charge is 0.331 e. The number of carbonyl (C=O) groups is 1. The van der Waals surface area contributed by atoms with Crippen molar-refractivity contribution in [2.45, 2.75) is 84.7 Å². The van der Waals surface area contributed by atoms with E-state index in [1.807, 2.05) is 20.8 Å². The maximum atomic E-state index is 12.3. The molecule has 1 heterocycles. The molecule has 4 rings (SSSR count). The van der Waals surface area contributed by atoms with Crippen LogP contribution in [0.5, 0.6) is 5.75 Å². The number of fused-ring (bicyclic) bond motifs is 3. The highest BCUT2D eigenvalue weighted by Gasteiger charge is 2.28. The van der Waals surface area contributed by atoms with Crippen LogP contribution in [0, 0.1) is 11.8 Å². The van der Waals surface area contributed by atoms with Crippen molar-refractivity contribution in [2.24, 2.45) is 11.8 Å². The Balaban J connectivity index is 1.50. The van der Waals surface area contributed by atoms with E-state index < -0.39 is 5.60 Å². The normalized spacial score (nSPS) is 21.5. The molecule has 4 heteroatoms. The second kappa shape index (κ2) is 11.6. The van der Waals surface area contributed by atoms with Gasteiger partial charge in [-0.3, -0.25) is 0 Å². The summed E-state index contributed by atoms with van der Waals surface area (Å²) in [5, 5.41) is 12.7. The Bertz CT molecular complexity index is 1130. The van der Waals surface area contributed by atoms with E-state index in [1.165, 1.54) is 27.5 Å². The Labute approximate surface area is 216 Å². The first-order valence-corrected chi connectivity index (χ1v) is 13.7. The molecule has 194 valence electrons. The van der Waals surface area contributed by atoms with Gasteiger partial charge in [-0.1, -0.05) is 49.3 Å². The topological polar surface area (TPSA) is 55.8 Å². The van der Waals surface area contributed by atoms with Gasteiger partial charge in [-0.15, -0.1) is 0 Å². The van der Waals surface area contributed by atoms with Gasteiger partial charge in [-0.25, -0.2) is 4.79 Å². The molecule has 1 aliphatic heterocycles. The first-order valence-electron chi connectivity index (χ1n) is 13.7. The van der Waals surface area contributed by atoms with E-state index in [0.29, 0.717) is 12.5 Å². The molecular weight excluding hydrogens is 448 g/mol. The molecular formula is C32H42O4. The molecule has 1 N–H and O–H groups in total. The molecule has 0 saturated heterocycles. The molecule has 0 aromatic heterocycles. The fourth-order valence-corrected chi connectivity index (χ4v) is 5.75. The highest BCUT2D eigenvalue weighted by atomic mass is 16.6. The van der Waals surface area contributed by atoms with Gasteiger partial charge < -0.3 is 14.6 Å². The zero-order valence-electron chi connectivity index (χ0n) is 22.4. The number of rotatable bonds is 7. The van der Waals surface area contributed by atoms with Gasteiger partial charge in [0, 0.05) is 24.7 Å². The molecule has 0 spiro atoms. The number of hydrogen-bond donors (Lipinski definition) is 1. The van der Waals surface area contributed by atoms with Crippen LogP contribution in [0.3, 0.4) is 0 Å². The van der Waals surface area contributed by atoms with Crippen LogP contribution < -0.4 is 4.74 Å². The molecule has 36 heavy (non-hydrogen) atoms. The quantitative estimate of drug-likeness (QED) is 0.324. The van der Waals surface area contributed by atoms with Gasteiger partial charge in [0.1, 0.15) is 11.4 Å². The Morgan fingerprint density at radius 3 is 2.72 bits per heavy atom. The van der Waals surface area contributed by atoms with Crippen LogP contribution in [0.4, 0.5) is 0 Å². The Kier molecular flexibility index (Phi) is 8.56. The van der Waals surface area contributed by atoms with Crippen LogP contribution in [0.25, 0.3) is 16.3 Å². The second-order valence-corrected chi connectivity index (χ2v) is 11.4. The standard InChI is InChI=1S/C32H42O4/c1-5-7-22-9-12-25-15-16-29-31(28(25)19-22)26(8-6-17-35-29)14-13-24-11-10-23(18-27(24)21-33)20-30(34)36-32(2,3)4/h8-9,12,15-16,19-20,24,27,33H,5-7,10-11,13-14,17-18,21H2,1-4H3/b23-20-/t24?,27-/m0/s1. The van der Waals surface area contributed by atoms with E-state index in [0.717, 1.165) is 62.7 Å². The van der Waals surface area contributed by atoms with Gasteiger partial charge in [0.15, 0.2) is 0 Å². The average molecular weight is 491 g/mol. The fraction of sp³-hybridized carbons (Fsp3) is 0.531. The molecule has 0 radical (unpaired) electrons. The molecule has 2 atom stereocenters. The minimum absolute atomic E-state index is 0.151. The van der Waals surface area contributed by atoms with Crippen molar-refractivity contribution in [1.29, 1.82) is 0 Å². The zero-order valence-corrected chi connectivity index (χ0v) is 22.4. The van der Waals surface area contributed by atoms with Gasteiger partial charge >= 0.3 is 5.97 Å². The monoisotopic (exact) mass is 490 g/mol. The number of carbonyl (C=O) groups excluding carboxylic acids is 1. The predicted molar refractivity (Wildman–Crippen MR) is 147 cm³/mol. The molecule has 4 nitrogen and oxygen atoms in total. The minimum Gasteiger partial charge on any atom is -0.493 e. The summed E-state index contributed by atoms with van der Waals surface area (Å²) in [5.41, 5.74) is 4.61. The molecule has 2 aromatic carbocycles. The van der Waals surface area contributed by atoms with Crippen LogP contribution in [0.2, 0.25) is 0 Å². The van der Waals surface area contributed by atoms with Crippen molar-refractivity contribution >= 4 is 22.3 Å². The van der Waals surface area contributed by atoms with Gasteiger partial charge in [-0.05, 0) is 99.1 Å². The van der Waals surface area contributed by atoms with Crippen LogP contribution in [0.15, 0.2) is 48.1 Å². The number of ether oxygens (including phenoxy) is 2. The summed E-state index contributed by atoms with van der Waals surface area (Å²) in [5.74, 6) is 1.33. The molecule has 2 aromatic rings. The highest BCUT2D eigenvalue weighted by molar-refractivity contribution is 5.97. The average Bonchev–Trinajstić information content (AvgIpc) is 3.04. The predicted octanol–water partition coefficient (Wildman–Crippen LogP) is 7.42. The third-order valence-corrected chi connectivity index (χ3v) is 7.45. The summed E-state index contributed by atoms with van der Waals surface area (Å²) >= 11 is 0. The third kappa shape index (κ3) is 6.59. The number of aliphatic hydroxyl groups excluding tert-OH is 1. The van der Waals surface area contributed by atoms with Gasteiger partial charge in [0.25, 0.3) is 0 Å². The van der Waals surface area contributed by atoms with E-state index in [-0.39, 0.29) is 18.5 Å². The number of benzene rings is 2. The van der Waals surface area contributed by atoms with Gasteiger partial charge in [0.05, 0.1) is 6.61 Å².